The number of nitrogens with one attached hydrogen (secondary N) is 1. The number of thioether (sulfide) groups is 1. The lowest BCUT2D eigenvalue weighted by atomic mass is 10.1. The van der Waals surface area contributed by atoms with Crippen molar-refractivity contribution in [1.29, 1.82) is 0 Å². The Labute approximate surface area is 220 Å². The third kappa shape index (κ3) is 5.95. The molecule has 0 aliphatic carbocycles. The van der Waals surface area contributed by atoms with E-state index in [-0.39, 0.29) is 18.4 Å². The summed E-state index contributed by atoms with van der Waals surface area (Å²) in [5.74, 6) is 0.516. The number of amides is 2. The topological polar surface area (TPSA) is 67.9 Å². The van der Waals surface area contributed by atoms with Gasteiger partial charge < -0.3 is 14.8 Å². The molecule has 1 saturated heterocycles. The van der Waals surface area contributed by atoms with Crippen molar-refractivity contribution in [3.8, 4) is 11.5 Å². The van der Waals surface area contributed by atoms with E-state index >= 15 is 0 Å². The Morgan fingerprint density at radius 1 is 1.00 bits per heavy atom. The number of nitrogens with zero attached hydrogens (tertiary/aromatic N) is 1. The van der Waals surface area contributed by atoms with E-state index in [0.29, 0.717) is 27.3 Å². The second-order valence-electron chi connectivity index (χ2n) is 7.84. The maximum absolute atomic E-state index is 13.0. The van der Waals surface area contributed by atoms with E-state index in [0.717, 1.165) is 28.9 Å². The first kappa shape index (κ1) is 25.5. The molecule has 36 heavy (non-hydrogen) atoms. The van der Waals surface area contributed by atoms with Crippen LogP contribution >= 0.6 is 24.0 Å². The molecule has 1 aliphatic rings. The Balaban J connectivity index is 1.47. The molecule has 1 aliphatic heterocycles. The number of carbonyl (C=O) groups is 2. The van der Waals surface area contributed by atoms with Crippen molar-refractivity contribution >= 4 is 57.6 Å². The van der Waals surface area contributed by atoms with Gasteiger partial charge in [0.2, 0.25) is 0 Å². The molecule has 2 amide bonds. The summed E-state index contributed by atoms with van der Waals surface area (Å²) in [5.41, 5.74) is 3.34. The van der Waals surface area contributed by atoms with Gasteiger partial charge in [0.05, 0.1) is 17.2 Å². The van der Waals surface area contributed by atoms with Crippen LogP contribution in [-0.2, 0) is 16.0 Å². The zero-order chi connectivity index (χ0) is 25.5. The van der Waals surface area contributed by atoms with Gasteiger partial charge in [0, 0.05) is 5.69 Å². The van der Waals surface area contributed by atoms with Gasteiger partial charge in [-0.1, -0.05) is 73.4 Å². The van der Waals surface area contributed by atoms with Gasteiger partial charge in [0.25, 0.3) is 11.8 Å². The first-order chi connectivity index (χ1) is 17.5. The van der Waals surface area contributed by atoms with E-state index in [1.54, 1.807) is 18.2 Å². The van der Waals surface area contributed by atoms with Crippen molar-refractivity contribution in [2.75, 3.05) is 23.4 Å². The van der Waals surface area contributed by atoms with Crippen LogP contribution in [0.4, 0.5) is 11.4 Å². The predicted octanol–water partition coefficient (Wildman–Crippen LogP) is 6.07. The molecule has 3 aromatic rings. The highest BCUT2D eigenvalue weighted by Crippen LogP contribution is 2.37. The van der Waals surface area contributed by atoms with Crippen molar-refractivity contribution in [1.82, 2.24) is 0 Å². The van der Waals surface area contributed by atoms with Crippen molar-refractivity contribution < 1.29 is 19.1 Å². The van der Waals surface area contributed by atoms with E-state index in [9.17, 15) is 9.59 Å². The maximum Gasteiger partial charge on any atom is 0.270 e. The van der Waals surface area contributed by atoms with Crippen molar-refractivity contribution in [2.45, 2.75) is 20.3 Å². The zero-order valence-electron chi connectivity index (χ0n) is 20.0. The summed E-state index contributed by atoms with van der Waals surface area (Å²) < 4.78 is 12.0. The molecule has 1 N–H and O–H groups in total. The van der Waals surface area contributed by atoms with Gasteiger partial charge >= 0.3 is 0 Å². The number of thiocarbonyl (C=S) groups is 1. The highest BCUT2D eigenvalue weighted by atomic mass is 32.2. The Kier molecular flexibility index (Phi) is 8.40. The van der Waals surface area contributed by atoms with Crippen molar-refractivity contribution in [2.24, 2.45) is 0 Å². The molecule has 0 spiro atoms. The van der Waals surface area contributed by atoms with Crippen LogP contribution < -0.4 is 19.7 Å². The second-order valence-corrected chi connectivity index (χ2v) is 9.52. The van der Waals surface area contributed by atoms with Gasteiger partial charge in [0.1, 0.15) is 0 Å². The molecule has 184 valence electrons. The standard InChI is InChI=1S/C28H26N2O4S2/c1-3-20-10-8-9-13-22(20)29-26(31)18-34-23-15-14-19(16-24(23)33-4-2)17-25-27(32)30(28(35)36-25)21-11-6-5-7-12-21/h5-17H,3-4,18H2,1-2H3,(H,29,31)/b25-17-. The molecule has 0 atom stereocenters. The Morgan fingerprint density at radius 2 is 1.75 bits per heavy atom. The molecule has 1 fully saturated rings. The lowest BCUT2D eigenvalue weighted by Crippen LogP contribution is -2.27. The zero-order valence-corrected chi connectivity index (χ0v) is 21.7. The fourth-order valence-corrected chi connectivity index (χ4v) is 5.00. The van der Waals surface area contributed by atoms with E-state index in [1.165, 1.54) is 16.7 Å². The molecule has 8 heteroatoms. The SMILES string of the molecule is CCOc1cc(/C=C2\SC(=S)N(c3ccccc3)C2=O)ccc1OCC(=O)Nc1ccccc1CC. The Bertz CT molecular complexity index is 1310. The summed E-state index contributed by atoms with van der Waals surface area (Å²) in [5, 5.41) is 2.90. The van der Waals surface area contributed by atoms with E-state index in [1.807, 2.05) is 74.5 Å². The molecular weight excluding hydrogens is 492 g/mol. The fraction of sp³-hybridized carbons (Fsp3) is 0.179. The first-order valence-electron chi connectivity index (χ1n) is 11.6. The highest BCUT2D eigenvalue weighted by Gasteiger charge is 2.33. The van der Waals surface area contributed by atoms with Crippen molar-refractivity contribution in [3.05, 3.63) is 88.8 Å². The number of rotatable bonds is 9. The number of anilines is 2. The van der Waals surface area contributed by atoms with Crippen LogP contribution in [0.25, 0.3) is 6.08 Å². The number of hydrogen-bond donors (Lipinski definition) is 1. The van der Waals surface area contributed by atoms with Gasteiger partial charge in [-0.25, -0.2) is 0 Å². The van der Waals surface area contributed by atoms with Crippen LogP contribution in [0.2, 0.25) is 0 Å². The predicted molar refractivity (Wildman–Crippen MR) is 150 cm³/mol. The summed E-state index contributed by atoms with van der Waals surface area (Å²) >= 11 is 6.70. The van der Waals surface area contributed by atoms with Crippen molar-refractivity contribution in [3.63, 3.8) is 0 Å². The third-order valence-electron chi connectivity index (χ3n) is 5.40. The van der Waals surface area contributed by atoms with Crippen LogP contribution in [0.1, 0.15) is 25.0 Å². The summed E-state index contributed by atoms with van der Waals surface area (Å²) in [6.07, 6.45) is 2.60. The van der Waals surface area contributed by atoms with Gasteiger partial charge in [-0.3, -0.25) is 14.5 Å². The highest BCUT2D eigenvalue weighted by molar-refractivity contribution is 8.27. The molecular formula is C28H26N2O4S2. The molecule has 6 nitrogen and oxygen atoms in total. The minimum atomic E-state index is -0.257. The molecule has 0 unspecified atom stereocenters. The van der Waals surface area contributed by atoms with Crippen LogP contribution in [0.3, 0.4) is 0 Å². The average Bonchev–Trinajstić information content (AvgIpc) is 3.16. The smallest absolute Gasteiger partial charge is 0.270 e. The summed E-state index contributed by atoms with van der Waals surface area (Å²) in [4.78, 5) is 27.6. The number of ether oxygens (including phenoxy) is 2. The maximum atomic E-state index is 13.0. The quantitative estimate of drug-likeness (QED) is 0.274. The molecule has 0 bridgehead atoms. The van der Waals surface area contributed by atoms with E-state index < -0.39 is 0 Å². The van der Waals surface area contributed by atoms with Gasteiger partial charge in [-0.05, 0) is 60.9 Å². The van der Waals surface area contributed by atoms with E-state index in [2.05, 4.69) is 5.32 Å². The fourth-order valence-electron chi connectivity index (χ4n) is 3.70. The molecule has 4 rings (SSSR count). The second kappa shape index (κ2) is 11.9. The van der Waals surface area contributed by atoms with Crippen LogP contribution in [0.5, 0.6) is 11.5 Å². The number of aryl methyl sites for hydroxylation is 1. The first-order valence-corrected chi connectivity index (χ1v) is 12.8. The monoisotopic (exact) mass is 518 g/mol. The molecule has 3 aromatic carbocycles. The third-order valence-corrected chi connectivity index (χ3v) is 6.71. The van der Waals surface area contributed by atoms with E-state index in [4.69, 9.17) is 21.7 Å². The molecule has 0 radical (unpaired) electrons. The lowest BCUT2D eigenvalue weighted by Gasteiger charge is -2.14. The van der Waals surface area contributed by atoms with Crippen LogP contribution in [0.15, 0.2) is 77.7 Å². The Hall–Kier alpha value is -3.62. The normalized spacial score (nSPS) is 14.3. The minimum absolute atomic E-state index is 0.160. The average molecular weight is 519 g/mol. The molecule has 0 saturated carbocycles. The Morgan fingerprint density at radius 3 is 2.50 bits per heavy atom. The number of hydrogen-bond acceptors (Lipinski definition) is 6. The van der Waals surface area contributed by atoms with Gasteiger partial charge in [-0.2, -0.15) is 0 Å². The van der Waals surface area contributed by atoms with Gasteiger partial charge in [0.15, 0.2) is 22.4 Å². The van der Waals surface area contributed by atoms with Gasteiger partial charge in [-0.15, -0.1) is 0 Å². The summed E-state index contributed by atoms with van der Waals surface area (Å²) in [7, 11) is 0. The number of carbonyl (C=O) groups excluding carboxylic acids is 2. The van der Waals surface area contributed by atoms with Crippen LogP contribution in [0, 0.1) is 0 Å². The molecule has 0 aromatic heterocycles. The van der Waals surface area contributed by atoms with Crippen LogP contribution in [-0.4, -0.2) is 29.3 Å². The minimum Gasteiger partial charge on any atom is -0.490 e. The summed E-state index contributed by atoms with van der Waals surface area (Å²) in [6, 6.07) is 22.4. The summed E-state index contributed by atoms with van der Waals surface area (Å²) in [6.45, 7) is 4.17. The molecule has 1 heterocycles. The number of benzene rings is 3. The lowest BCUT2D eigenvalue weighted by molar-refractivity contribution is -0.118. The largest absolute Gasteiger partial charge is 0.490 e. The number of para-hydroxylation sites is 2.